The van der Waals surface area contributed by atoms with Crippen molar-refractivity contribution in [3.8, 4) is 22.3 Å². The summed E-state index contributed by atoms with van der Waals surface area (Å²) in [7, 11) is 0. The van der Waals surface area contributed by atoms with Crippen LogP contribution >= 0.6 is 0 Å². The van der Waals surface area contributed by atoms with Crippen LogP contribution in [0, 0.1) is 0 Å². The number of hydrogen-bond donors (Lipinski definition) is 2. The van der Waals surface area contributed by atoms with Gasteiger partial charge in [0.05, 0.1) is 5.41 Å². The predicted molar refractivity (Wildman–Crippen MR) is 246 cm³/mol. The Labute approximate surface area is 354 Å². The van der Waals surface area contributed by atoms with Crippen molar-refractivity contribution in [2.75, 3.05) is 0 Å². The Bertz CT molecular complexity index is 3090. The first-order valence-electron chi connectivity index (χ1n) is 20.8. The van der Waals surface area contributed by atoms with Crippen molar-refractivity contribution >= 4 is 23.3 Å². The van der Waals surface area contributed by atoms with Gasteiger partial charge in [-0.15, -0.1) is 0 Å². The van der Waals surface area contributed by atoms with Crippen LogP contribution in [0.5, 0.6) is 0 Å². The smallest absolute Gasteiger partial charge is 0.159 e. The van der Waals surface area contributed by atoms with Crippen LogP contribution in [0.1, 0.15) is 68.0 Å². The number of amidine groups is 4. The molecule has 0 saturated carbocycles. The highest BCUT2D eigenvalue weighted by Gasteiger charge is 2.52. The number of fused-ring (bicyclic) bond motifs is 10. The SMILES string of the molecule is c1ccc(C2=NC(c3ccc4c(c3)C3(c5ccccc5-c5ccccc53)c3cc(C5=NC(c6ccccc6)NC(c6ccccc6)=N5)ccc3-4)NC(c3ccccc3)=N2)cc1. The van der Waals surface area contributed by atoms with E-state index in [0.29, 0.717) is 11.7 Å². The van der Waals surface area contributed by atoms with Gasteiger partial charge < -0.3 is 10.6 Å². The maximum absolute atomic E-state index is 5.30. The molecule has 0 amide bonds. The van der Waals surface area contributed by atoms with E-state index in [2.05, 4.69) is 156 Å². The van der Waals surface area contributed by atoms with E-state index in [1.807, 2.05) is 60.7 Å². The maximum atomic E-state index is 5.30. The van der Waals surface area contributed by atoms with Crippen molar-refractivity contribution in [1.29, 1.82) is 0 Å². The first kappa shape index (κ1) is 35.0. The van der Waals surface area contributed by atoms with Crippen molar-refractivity contribution < 1.29 is 0 Å². The molecule has 0 aromatic heterocycles. The largest absolute Gasteiger partial charge is 0.344 e. The zero-order chi connectivity index (χ0) is 40.3. The summed E-state index contributed by atoms with van der Waals surface area (Å²) in [5.74, 6) is 3.00. The summed E-state index contributed by atoms with van der Waals surface area (Å²) in [5, 5.41) is 7.36. The minimum atomic E-state index is -0.598. The van der Waals surface area contributed by atoms with Crippen LogP contribution in [0.15, 0.2) is 226 Å². The summed E-state index contributed by atoms with van der Waals surface area (Å²) < 4.78 is 0. The van der Waals surface area contributed by atoms with Crippen LogP contribution in [0.25, 0.3) is 22.3 Å². The molecule has 8 aromatic carbocycles. The lowest BCUT2D eigenvalue weighted by atomic mass is 9.70. The number of aliphatic imine (C=N–C) groups is 4. The molecule has 2 heterocycles. The fraction of sp³-hybridized carbons (Fsp3) is 0.0545. The Morgan fingerprint density at radius 2 is 0.754 bits per heavy atom. The van der Waals surface area contributed by atoms with Crippen LogP contribution in [0.2, 0.25) is 0 Å². The van der Waals surface area contributed by atoms with E-state index in [9.17, 15) is 0 Å². The van der Waals surface area contributed by atoms with Gasteiger partial charge in [0.2, 0.25) is 0 Å². The molecule has 2 N–H and O–H groups in total. The van der Waals surface area contributed by atoms with Gasteiger partial charge >= 0.3 is 0 Å². The molecule has 6 heteroatoms. The highest BCUT2D eigenvalue weighted by molar-refractivity contribution is 6.14. The van der Waals surface area contributed by atoms with Gasteiger partial charge in [0.1, 0.15) is 24.0 Å². The molecule has 0 saturated heterocycles. The van der Waals surface area contributed by atoms with Crippen LogP contribution in [0.4, 0.5) is 0 Å². The lowest BCUT2D eigenvalue weighted by molar-refractivity contribution is 0.670. The second kappa shape index (κ2) is 14.1. The van der Waals surface area contributed by atoms with Crippen LogP contribution < -0.4 is 10.6 Å². The monoisotopic (exact) mass is 782 g/mol. The van der Waals surface area contributed by atoms with Crippen molar-refractivity contribution in [2.24, 2.45) is 20.0 Å². The van der Waals surface area contributed by atoms with Gasteiger partial charge in [0.25, 0.3) is 0 Å². The van der Waals surface area contributed by atoms with E-state index in [1.165, 1.54) is 44.5 Å². The fourth-order valence-corrected chi connectivity index (χ4v) is 9.67. The van der Waals surface area contributed by atoms with Crippen LogP contribution in [-0.2, 0) is 5.41 Å². The summed E-state index contributed by atoms with van der Waals surface area (Å²) in [4.78, 5) is 20.9. The average Bonchev–Trinajstić information content (AvgIpc) is 3.81. The normalized spacial score (nSPS) is 17.6. The standard InChI is InChI=1S/C55H38N6/c1-5-17-35(18-6-1)49-56-50(36-19-7-2-8-20-36)59-53(58-49)39-29-31-43-44-32-30-40(54-60-51(37-21-9-3-10-22-37)57-52(61-54)38-23-11-4-12-24-38)34-48(44)55(47(43)33-39)45-27-15-13-25-41(45)42-26-14-16-28-46(42)55/h1-34,49,54H,(H,56,58,59)(H,57,60,61). The van der Waals surface area contributed by atoms with E-state index in [1.54, 1.807) is 0 Å². The van der Waals surface area contributed by atoms with E-state index in [0.717, 1.165) is 45.1 Å². The quantitative estimate of drug-likeness (QED) is 0.176. The number of hydrogen-bond acceptors (Lipinski definition) is 6. The van der Waals surface area contributed by atoms with Crippen molar-refractivity contribution in [1.82, 2.24) is 10.6 Å². The summed E-state index contributed by atoms with van der Waals surface area (Å²) in [5.41, 5.74) is 15.4. The molecule has 8 aromatic rings. The molecular formula is C55H38N6. The lowest BCUT2D eigenvalue weighted by Gasteiger charge is -2.32. The number of nitrogens with zero attached hydrogens (tertiary/aromatic N) is 4. The third-order valence-corrected chi connectivity index (χ3v) is 12.4. The zero-order valence-corrected chi connectivity index (χ0v) is 33.1. The summed E-state index contributed by atoms with van der Waals surface area (Å²) in [6.45, 7) is 0. The second-order valence-corrected chi connectivity index (χ2v) is 15.8. The molecule has 6 nitrogen and oxygen atoms in total. The molecule has 0 radical (unpaired) electrons. The Morgan fingerprint density at radius 3 is 1.33 bits per heavy atom. The van der Waals surface area contributed by atoms with E-state index >= 15 is 0 Å². The van der Waals surface area contributed by atoms with Gasteiger partial charge in [-0.3, -0.25) is 0 Å². The topological polar surface area (TPSA) is 73.5 Å². The highest BCUT2D eigenvalue weighted by atomic mass is 15.2. The number of nitrogens with one attached hydrogen (secondary N) is 2. The number of benzene rings is 8. The van der Waals surface area contributed by atoms with Gasteiger partial charge in [0, 0.05) is 22.3 Å². The van der Waals surface area contributed by atoms with Gasteiger partial charge in [-0.05, 0) is 67.8 Å². The molecule has 0 fully saturated rings. The predicted octanol–water partition coefficient (Wildman–Crippen LogP) is 11.0. The molecule has 4 aliphatic rings. The van der Waals surface area contributed by atoms with Gasteiger partial charge in [0.15, 0.2) is 11.7 Å². The van der Waals surface area contributed by atoms with Crippen molar-refractivity contribution in [3.63, 3.8) is 0 Å². The molecule has 288 valence electrons. The molecular weight excluding hydrogens is 745 g/mol. The minimum Gasteiger partial charge on any atom is -0.344 e. The van der Waals surface area contributed by atoms with E-state index in [-0.39, 0.29) is 12.3 Å². The molecule has 0 bridgehead atoms. The van der Waals surface area contributed by atoms with E-state index in [4.69, 9.17) is 20.0 Å². The zero-order valence-electron chi connectivity index (χ0n) is 33.1. The van der Waals surface area contributed by atoms with Crippen molar-refractivity contribution in [2.45, 2.75) is 17.7 Å². The van der Waals surface area contributed by atoms with Gasteiger partial charge in [-0.25, -0.2) is 20.0 Å². The second-order valence-electron chi connectivity index (χ2n) is 15.8. The minimum absolute atomic E-state index is 0.299. The molecule has 2 atom stereocenters. The number of rotatable bonds is 6. The third-order valence-electron chi connectivity index (χ3n) is 12.4. The Hall–Kier alpha value is -7.96. The average molecular weight is 783 g/mol. The third kappa shape index (κ3) is 5.64. The van der Waals surface area contributed by atoms with Crippen LogP contribution in [-0.4, -0.2) is 23.3 Å². The van der Waals surface area contributed by atoms with Gasteiger partial charge in [-0.2, -0.15) is 0 Å². The first-order valence-corrected chi connectivity index (χ1v) is 20.8. The summed E-state index contributed by atoms with van der Waals surface area (Å²) in [6, 6.07) is 72.9. The summed E-state index contributed by atoms with van der Waals surface area (Å²) in [6.07, 6.45) is -0.673. The lowest BCUT2D eigenvalue weighted by Crippen LogP contribution is -2.34. The summed E-state index contributed by atoms with van der Waals surface area (Å²) >= 11 is 0. The highest BCUT2D eigenvalue weighted by Crippen LogP contribution is 2.63. The molecule has 2 aliphatic carbocycles. The Morgan fingerprint density at radius 1 is 0.328 bits per heavy atom. The molecule has 2 aliphatic heterocycles. The fourth-order valence-electron chi connectivity index (χ4n) is 9.67. The molecule has 12 rings (SSSR count). The first-order chi connectivity index (χ1) is 30.2. The Balaban J connectivity index is 1.05. The maximum Gasteiger partial charge on any atom is 0.159 e. The molecule has 61 heavy (non-hydrogen) atoms. The molecule has 1 spiro atoms. The molecule has 2 unspecified atom stereocenters. The van der Waals surface area contributed by atoms with Crippen LogP contribution in [0.3, 0.4) is 0 Å². The Kier molecular flexibility index (Phi) is 8.10. The van der Waals surface area contributed by atoms with Crippen molar-refractivity contribution in [3.05, 3.63) is 262 Å². The van der Waals surface area contributed by atoms with Gasteiger partial charge in [-0.1, -0.05) is 194 Å². The van der Waals surface area contributed by atoms with E-state index < -0.39 is 5.41 Å².